The third-order valence-corrected chi connectivity index (χ3v) is 5.34. The number of rotatable bonds is 3. The predicted molar refractivity (Wildman–Crippen MR) is 84.9 cm³/mol. The molecule has 0 amide bonds. The Morgan fingerprint density at radius 2 is 2.00 bits per heavy atom. The first-order chi connectivity index (χ1) is 9.02. The van der Waals surface area contributed by atoms with Gasteiger partial charge in [0.2, 0.25) is 0 Å². The number of halogens is 1. The molecule has 106 valence electrons. The van der Waals surface area contributed by atoms with E-state index in [0.717, 1.165) is 53.1 Å². The third kappa shape index (κ3) is 2.86. The molecule has 0 saturated heterocycles. The van der Waals surface area contributed by atoms with Gasteiger partial charge in [0.05, 0.1) is 9.26 Å². The molecule has 0 spiro atoms. The van der Waals surface area contributed by atoms with Crippen molar-refractivity contribution in [2.24, 2.45) is 5.92 Å². The van der Waals surface area contributed by atoms with Crippen molar-refractivity contribution in [2.45, 2.75) is 51.6 Å². The molecule has 1 aliphatic rings. The molecule has 5 heteroatoms. The van der Waals surface area contributed by atoms with Crippen molar-refractivity contribution in [2.75, 3.05) is 12.8 Å². The van der Waals surface area contributed by atoms with Crippen LogP contribution in [0.25, 0.3) is 0 Å². The van der Waals surface area contributed by atoms with Crippen LogP contribution in [-0.2, 0) is 16.8 Å². The molecular weight excluding hydrogens is 353 g/mol. The lowest BCUT2D eigenvalue weighted by Crippen LogP contribution is -2.35. The number of hydrogen-bond acceptors (Lipinski definition) is 4. The fourth-order valence-corrected chi connectivity index (χ4v) is 3.32. The zero-order valence-corrected chi connectivity index (χ0v) is 14.0. The van der Waals surface area contributed by atoms with Crippen molar-refractivity contribution >= 4 is 28.4 Å². The first-order valence-corrected chi connectivity index (χ1v) is 7.97. The van der Waals surface area contributed by atoms with E-state index in [4.69, 9.17) is 15.5 Å². The number of nitrogens with two attached hydrogens (primary N) is 1. The Balaban J connectivity index is 2.41. The molecule has 0 atom stereocenters. The van der Waals surface area contributed by atoms with Crippen LogP contribution in [0.2, 0.25) is 0 Å². The summed E-state index contributed by atoms with van der Waals surface area (Å²) in [6, 6.07) is 0. The summed E-state index contributed by atoms with van der Waals surface area (Å²) in [5.41, 5.74) is 6.72. The van der Waals surface area contributed by atoms with E-state index in [0.29, 0.717) is 5.82 Å². The minimum atomic E-state index is -0.338. The average molecular weight is 375 g/mol. The Morgan fingerprint density at radius 1 is 1.37 bits per heavy atom. The van der Waals surface area contributed by atoms with Gasteiger partial charge in [0.25, 0.3) is 0 Å². The minimum Gasteiger partial charge on any atom is -0.383 e. The molecule has 0 unspecified atom stereocenters. The maximum absolute atomic E-state index is 6.03. The van der Waals surface area contributed by atoms with Gasteiger partial charge >= 0.3 is 0 Å². The second kappa shape index (κ2) is 5.91. The molecule has 1 aromatic rings. The molecule has 0 radical (unpaired) electrons. The van der Waals surface area contributed by atoms with Crippen molar-refractivity contribution in [3.8, 4) is 0 Å². The van der Waals surface area contributed by atoms with E-state index < -0.39 is 0 Å². The van der Waals surface area contributed by atoms with Crippen molar-refractivity contribution < 1.29 is 4.74 Å². The van der Waals surface area contributed by atoms with Crippen LogP contribution >= 0.6 is 22.6 Å². The van der Waals surface area contributed by atoms with E-state index in [1.54, 1.807) is 7.11 Å². The van der Waals surface area contributed by atoms with Crippen LogP contribution in [0.4, 0.5) is 5.82 Å². The van der Waals surface area contributed by atoms with Crippen LogP contribution in [0.1, 0.15) is 51.0 Å². The van der Waals surface area contributed by atoms with Gasteiger partial charge in [0.15, 0.2) is 5.82 Å². The molecular formula is C14H22IN3O. The lowest BCUT2D eigenvalue weighted by Gasteiger charge is -2.37. The van der Waals surface area contributed by atoms with Crippen LogP contribution in [0.15, 0.2) is 0 Å². The largest absolute Gasteiger partial charge is 0.383 e. The van der Waals surface area contributed by atoms with E-state index in [2.05, 4.69) is 41.4 Å². The number of aryl methyl sites for hydroxylation is 1. The number of aromatic nitrogens is 2. The molecule has 2 N–H and O–H groups in total. The normalized spacial score (nSPS) is 27.5. The summed E-state index contributed by atoms with van der Waals surface area (Å²) in [5, 5.41) is 0. The molecule has 0 aromatic carbocycles. The molecule has 1 saturated carbocycles. The van der Waals surface area contributed by atoms with Crippen LogP contribution in [0.3, 0.4) is 0 Å². The Labute approximate surface area is 128 Å². The van der Waals surface area contributed by atoms with Crippen molar-refractivity contribution in [3.05, 3.63) is 15.1 Å². The lowest BCUT2D eigenvalue weighted by molar-refractivity contribution is -0.0598. The average Bonchev–Trinajstić information content (AvgIpc) is 2.43. The monoisotopic (exact) mass is 375 g/mol. The zero-order chi connectivity index (χ0) is 14.0. The molecule has 19 heavy (non-hydrogen) atoms. The van der Waals surface area contributed by atoms with Gasteiger partial charge in [0, 0.05) is 7.11 Å². The van der Waals surface area contributed by atoms with Crippen molar-refractivity contribution in [1.29, 1.82) is 0 Å². The number of ether oxygens (including phenoxy) is 1. The SMILES string of the molecule is CCc1nc(C2(OC)CCC(C)CC2)nc(N)c1I. The standard InChI is InChI=1S/C14H22IN3O/c1-4-10-11(15)12(16)18-13(17-10)14(19-3)7-5-9(2)6-8-14/h9H,4-8H2,1-3H3,(H2,16,17,18). The van der Waals surface area contributed by atoms with Crippen LogP contribution < -0.4 is 5.73 Å². The van der Waals surface area contributed by atoms with Gasteiger partial charge in [-0.2, -0.15) is 0 Å². The van der Waals surface area contributed by atoms with E-state index >= 15 is 0 Å². The maximum Gasteiger partial charge on any atom is 0.162 e. The highest BCUT2D eigenvalue weighted by atomic mass is 127. The summed E-state index contributed by atoms with van der Waals surface area (Å²) in [7, 11) is 1.76. The highest BCUT2D eigenvalue weighted by molar-refractivity contribution is 14.1. The molecule has 1 aromatic heterocycles. The Kier molecular flexibility index (Phi) is 4.66. The summed E-state index contributed by atoms with van der Waals surface area (Å²) in [6.45, 7) is 4.39. The second-order valence-electron chi connectivity index (χ2n) is 5.43. The van der Waals surface area contributed by atoms with Gasteiger partial charge in [-0.25, -0.2) is 9.97 Å². The molecule has 1 fully saturated rings. The van der Waals surface area contributed by atoms with Gasteiger partial charge in [-0.05, 0) is 60.6 Å². The summed E-state index contributed by atoms with van der Waals surface area (Å²) in [4.78, 5) is 9.23. The fraction of sp³-hybridized carbons (Fsp3) is 0.714. The fourth-order valence-electron chi connectivity index (χ4n) is 2.70. The summed E-state index contributed by atoms with van der Waals surface area (Å²) < 4.78 is 6.80. The van der Waals surface area contributed by atoms with Gasteiger partial charge in [-0.15, -0.1) is 0 Å². The third-order valence-electron chi connectivity index (χ3n) is 4.16. The van der Waals surface area contributed by atoms with Crippen LogP contribution in [0, 0.1) is 9.49 Å². The molecule has 1 aliphatic carbocycles. The molecule has 0 aliphatic heterocycles. The smallest absolute Gasteiger partial charge is 0.162 e. The van der Waals surface area contributed by atoms with Crippen molar-refractivity contribution in [3.63, 3.8) is 0 Å². The molecule has 1 heterocycles. The van der Waals surface area contributed by atoms with Crippen LogP contribution in [-0.4, -0.2) is 17.1 Å². The van der Waals surface area contributed by atoms with E-state index in [-0.39, 0.29) is 5.60 Å². The number of anilines is 1. The topological polar surface area (TPSA) is 61.0 Å². The van der Waals surface area contributed by atoms with E-state index in [1.807, 2.05) is 0 Å². The van der Waals surface area contributed by atoms with Gasteiger partial charge in [-0.1, -0.05) is 13.8 Å². The Bertz CT molecular complexity index is 456. The van der Waals surface area contributed by atoms with Crippen molar-refractivity contribution in [1.82, 2.24) is 9.97 Å². The number of nitrogen functional groups attached to an aromatic ring is 1. The van der Waals surface area contributed by atoms with Gasteiger partial charge < -0.3 is 10.5 Å². The maximum atomic E-state index is 6.03. The van der Waals surface area contributed by atoms with Gasteiger partial charge in [0.1, 0.15) is 11.4 Å². The number of hydrogen-bond donors (Lipinski definition) is 1. The van der Waals surface area contributed by atoms with Gasteiger partial charge in [-0.3, -0.25) is 0 Å². The highest BCUT2D eigenvalue weighted by Crippen LogP contribution is 2.41. The lowest BCUT2D eigenvalue weighted by atomic mass is 9.79. The summed E-state index contributed by atoms with van der Waals surface area (Å²) in [6.07, 6.45) is 5.14. The zero-order valence-electron chi connectivity index (χ0n) is 11.9. The summed E-state index contributed by atoms with van der Waals surface area (Å²) in [5.74, 6) is 2.12. The van der Waals surface area contributed by atoms with E-state index in [9.17, 15) is 0 Å². The summed E-state index contributed by atoms with van der Waals surface area (Å²) >= 11 is 2.22. The molecule has 0 bridgehead atoms. The first kappa shape index (κ1) is 15.0. The first-order valence-electron chi connectivity index (χ1n) is 6.90. The van der Waals surface area contributed by atoms with Crippen LogP contribution in [0.5, 0.6) is 0 Å². The minimum absolute atomic E-state index is 0.338. The molecule has 4 nitrogen and oxygen atoms in total. The second-order valence-corrected chi connectivity index (χ2v) is 6.51. The quantitative estimate of drug-likeness (QED) is 0.824. The molecule has 2 rings (SSSR count). The highest BCUT2D eigenvalue weighted by Gasteiger charge is 2.39. The number of methoxy groups -OCH3 is 1. The Hall–Kier alpha value is -0.430. The van der Waals surface area contributed by atoms with E-state index in [1.165, 1.54) is 0 Å². The predicted octanol–water partition coefficient (Wildman–Crippen LogP) is 3.28. The Morgan fingerprint density at radius 3 is 2.53 bits per heavy atom. The number of nitrogens with zero attached hydrogens (tertiary/aromatic N) is 2.